The standard InChI is InChI=1S/C15H10Cl3N5O2/c1-2-11(24)20-14-13(22-5-3-4-19-22)15(25)23(21-14)12-9(17)6-8(16)7-10(12)18/h2-7,13H,1H2,(H,20,21,24). The Morgan fingerprint density at radius 3 is 2.52 bits per heavy atom. The van der Waals surface area contributed by atoms with Gasteiger partial charge in [0.2, 0.25) is 5.91 Å². The zero-order valence-electron chi connectivity index (χ0n) is 12.5. The van der Waals surface area contributed by atoms with E-state index in [1.54, 1.807) is 12.3 Å². The molecule has 7 nitrogen and oxygen atoms in total. The quantitative estimate of drug-likeness (QED) is 0.807. The molecule has 1 aromatic carbocycles. The van der Waals surface area contributed by atoms with Crippen LogP contribution in [0.15, 0.2) is 48.3 Å². The van der Waals surface area contributed by atoms with E-state index >= 15 is 0 Å². The molecule has 128 valence electrons. The summed E-state index contributed by atoms with van der Waals surface area (Å²) < 4.78 is 1.36. The molecule has 1 atom stereocenters. The number of carbonyl (C=O) groups is 2. The minimum Gasteiger partial charge on any atom is -0.307 e. The summed E-state index contributed by atoms with van der Waals surface area (Å²) in [4.78, 5) is 24.6. The van der Waals surface area contributed by atoms with E-state index < -0.39 is 17.9 Å². The van der Waals surface area contributed by atoms with Gasteiger partial charge in [-0.05, 0) is 24.3 Å². The second-order valence-corrected chi connectivity index (χ2v) is 6.19. The number of nitrogens with zero attached hydrogens (tertiary/aromatic N) is 4. The van der Waals surface area contributed by atoms with Crippen LogP contribution in [0.3, 0.4) is 0 Å². The molecule has 2 amide bonds. The summed E-state index contributed by atoms with van der Waals surface area (Å²) >= 11 is 18.3. The number of hydrazone groups is 1. The number of anilines is 1. The molecule has 25 heavy (non-hydrogen) atoms. The fourth-order valence-corrected chi connectivity index (χ4v) is 3.26. The van der Waals surface area contributed by atoms with Gasteiger partial charge in [-0.1, -0.05) is 41.4 Å². The first-order valence-corrected chi connectivity index (χ1v) is 8.05. The lowest BCUT2D eigenvalue weighted by Gasteiger charge is -2.17. The van der Waals surface area contributed by atoms with Crippen LogP contribution >= 0.6 is 34.8 Å². The zero-order valence-corrected chi connectivity index (χ0v) is 14.8. The Kier molecular flexibility index (Phi) is 4.80. The number of hydrogen-bond donors (Lipinski definition) is 1. The Bertz CT molecular complexity index is 872. The molecule has 0 saturated heterocycles. The van der Waals surface area contributed by atoms with Crippen molar-refractivity contribution >= 4 is 58.1 Å². The molecule has 10 heteroatoms. The van der Waals surface area contributed by atoms with E-state index in [0.29, 0.717) is 5.02 Å². The van der Waals surface area contributed by atoms with Gasteiger partial charge < -0.3 is 5.32 Å². The molecule has 0 spiro atoms. The molecule has 1 unspecified atom stereocenters. The maximum atomic E-state index is 12.9. The van der Waals surface area contributed by atoms with Gasteiger partial charge in [-0.3, -0.25) is 14.3 Å². The van der Waals surface area contributed by atoms with Gasteiger partial charge in [-0.15, -0.1) is 5.10 Å². The van der Waals surface area contributed by atoms with Gasteiger partial charge in [0, 0.05) is 17.4 Å². The van der Waals surface area contributed by atoms with Crippen LogP contribution in [0.1, 0.15) is 6.04 Å². The van der Waals surface area contributed by atoms with Crippen LogP contribution in [0.25, 0.3) is 0 Å². The average molecular weight is 399 g/mol. The van der Waals surface area contributed by atoms with Gasteiger partial charge in [-0.2, -0.15) is 10.1 Å². The summed E-state index contributed by atoms with van der Waals surface area (Å²) in [6.07, 6.45) is 4.15. The topological polar surface area (TPSA) is 79.6 Å². The van der Waals surface area contributed by atoms with E-state index in [4.69, 9.17) is 34.8 Å². The Hall–Kier alpha value is -2.35. The Morgan fingerprint density at radius 1 is 1.28 bits per heavy atom. The highest BCUT2D eigenvalue weighted by molar-refractivity contribution is 6.42. The molecular formula is C15H10Cl3N5O2. The summed E-state index contributed by atoms with van der Waals surface area (Å²) in [7, 11) is 0. The van der Waals surface area contributed by atoms with Crippen LogP contribution in [-0.2, 0) is 9.59 Å². The highest BCUT2D eigenvalue weighted by Gasteiger charge is 2.40. The number of nitrogens with one attached hydrogen (secondary N) is 1. The van der Waals surface area contributed by atoms with Gasteiger partial charge in [0.1, 0.15) is 5.69 Å². The number of amidine groups is 1. The van der Waals surface area contributed by atoms with Crippen molar-refractivity contribution in [1.82, 2.24) is 15.1 Å². The fourth-order valence-electron chi connectivity index (χ4n) is 2.28. The van der Waals surface area contributed by atoms with Gasteiger partial charge >= 0.3 is 0 Å². The molecule has 1 aromatic heterocycles. The maximum absolute atomic E-state index is 12.9. The lowest BCUT2D eigenvalue weighted by molar-refractivity contribution is -0.119. The number of benzene rings is 1. The predicted octanol–water partition coefficient (Wildman–Crippen LogP) is 3.05. The minimum absolute atomic E-state index is 0.0701. The van der Waals surface area contributed by atoms with E-state index in [9.17, 15) is 9.59 Å². The second-order valence-electron chi connectivity index (χ2n) is 4.94. The summed E-state index contributed by atoms with van der Waals surface area (Å²) in [5.74, 6) is -0.936. The third-order valence-corrected chi connectivity index (χ3v) is 4.12. The van der Waals surface area contributed by atoms with Crippen LogP contribution in [0, 0.1) is 0 Å². The van der Waals surface area contributed by atoms with Crippen molar-refractivity contribution < 1.29 is 9.59 Å². The van der Waals surface area contributed by atoms with Crippen LogP contribution in [-0.4, -0.2) is 27.4 Å². The monoisotopic (exact) mass is 397 g/mol. The third kappa shape index (κ3) is 3.26. The Labute approximate surface area is 157 Å². The molecule has 0 aliphatic carbocycles. The highest BCUT2D eigenvalue weighted by Crippen LogP contribution is 2.39. The Balaban J connectivity index is 2.08. The SMILES string of the molecule is C=CC(=O)NC1=NN(c2c(Cl)cc(Cl)cc2Cl)C(=O)C1n1cccn1. The summed E-state index contributed by atoms with van der Waals surface area (Å²) in [6, 6.07) is 3.56. The number of amides is 2. The van der Waals surface area contributed by atoms with Crippen molar-refractivity contribution in [2.75, 3.05) is 5.01 Å². The number of aromatic nitrogens is 2. The van der Waals surface area contributed by atoms with Crippen molar-refractivity contribution in [3.05, 3.63) is 58.3 Å². The summed E-state index contributed by atoms with van der Waals surface area (Å²) in [6.45, 7) is 3.38. The molecular weight excluding hydrogens is 389 g/mol. The largest absolute Gasteiger partial charge is 0.307 e. The Morgan fingerprint density at radius 2 is 1.96 bits per heavy atom. The average Bonchev–Trinajstić information content (AvgIpc) is 3.15. The molecule has 1 aliphatic heterocycles. The first-order chi connectivity index (χ1) is 11.9. The molecule has 1 N–H and O–H groups in total. The fraction of sp³-hybridized carbons (Fsp3) is 0.0667. The van der Waals surface area contributed by atoms with Crippen molar-refractivity contribution in [1.29, 1.82) is 0 Å². The third-order valence-electron chi connectivity index (χ3n) is 3.33. The second kappa shape index (κ2) is 6.87. The van der Waals surface area contributed by atoms with Crippen LogP contribution in [0.4, 0.5) is 5.69 Å². The molecule has 0 fully saturated rings. The lowest BCUT2D eigenvalue weighted by atomic mass is 10.2. The smallest absolute Gasteiger partial charge is 0.280 e. The van der Waals surface area contributed by atoms with Crippen LogP contribution in [0.5, 0.6) is 0 Å². The predicted molar refractivity (Wildman–Crippen MR) is 96.0 cm³/mol. The molecule has 0 saturated carbocycles. The number of hydrogen-bond acceptors (Lipinski definition) is 4. The van der Waals surface area contributed by atoms with Gasteiger partial charge in [0.25, 0.3) is 5.91 Å². The number of carbonyl (C=O) groups excluding carboxylic acids is 2. The van der Waals surface area contributed by atoms with E-state index in [-0.39, 0.29) is 21.6 Å². The molecule has 0 radical (unpaired) electrons. The lowest BCUT2D eigenvalue weighted by Crippen LogP contribution is -2.37. The molecule has 0 bridgehead atoms. The van der Waals surface area contributed by atoms with Crippen molar-refractivity contribution in [2.24, 2.45) is 5.10 Å². The normalized spacial score (nSPS) is 16.8. The number of halogens is 3. The highest BCUT2D eigenvalue weighted by atomic mass is 35.5. The van der Waals surface area contributed by atoms with Crippen molar-refractivity contribution in [3.8, 4) is 0 Å². The molecule has 3 rings (SSSR count). The van der Waals surface area contributed by atoms with E-state index in [1.807, 2.05) is 0 Å². The minimum atomic E-state index is -0.971. The maximum Gasteiger partial charge on any atom is 0.280 e. The molecule has 2 heterocycles. The molecule has 2 aromatic rings. The van der Waals surface area contributed by atoms with Crippen LogP contribution in [0.2, 0.25) is 15.1 Å². The zero-order chi connectivity index (χ0) is 18.1. The van der Waals surface area contributed by atoms with Gasteiger partial charge in [0.05, 0.1) is 10.0 Å². The van der Waals surface area contributed by atoms with Crippen molar-refractivity contribution in [2.45, 2.75) is 6.04 Å². The van der Waals surface area contributed by atoms with Gasteiger partial charge in [0.15, 0.2) is 11.9 Å². The van der Waals surface area contributed by atoms with E-state index in [1.165, 1.54) is 23.0 Å². The van der Waals surface area contributed by atoms with Crippen LogP contribution < -0.4 is 10.3 Å². The molecule has 1 aliphatic rings. The number of rotatable bonds is 3. The summed E-state index contributed by atoms with van der Waals surface area (Å²) in [5, 5.41) is 12.3. The summed E-state index contributed by atoms with van der Waals surface area (Å²) in [5.41, 5.74) is 0.165. The van der Waals surface area contributed by atoms with Crippen molar-refractivity contribution in [3.63, 3.8) is 0 Å². The first-order valence-electron chi connectivity index (χ1n) is 6.92. The van der Waals surface area contributed by atoms with Gasteiger partial charge in [-0.25, -0.2) is 0 Å². The van der Waals surface area contributed by atoms with E-state index in [0.717, 1.165) is 11.1 Å². The first kappa shape index (κ1) is 17.5. The van der Waals surface area contributed by atoms with E-state index in [2.05, 4.69) is 22.1 Å².